The van der Waals surface area contributed by atoms with Crippen LogP contribution >= 0.6 is 0 Å². The first-order chi connectivity index (χ1) is 8.68. The topological polar surface area (TPSA) is 84.9 Å². The number of carbonyl (C=O) groups is 2. The van der Waals surface area contributed by atoms with Crippen LogP contribution in [0.25, 0.3) is 0 Å². The van der Waals surface area contributed by atoms with E-state index in [4.69, 9.17) is 9.84 Å². The van der Waals surface area contributed by atoms with Crippen LogP contribution in [0.4, 0.5) is 0 Å². The predicted molar refractivity (Wildman–Crippen MR) is 64.3 cm³/mol. The number of ether oxygens (including phenoxy) is 2. The lowest BCUT2D eigenvalue weighted by molar-refractivity contribution is -0.143. The Hall–Kier alpha value is -1.14. The number of aliphatic carboxylic acids is 1. The summed E-state index contributed by atoms with van der Waals surface area (Å²) >= 11 is 0. The third-order valence-electron chi connectivity index (χ3n) is 2.79. The molecule has 0 aromatic rings. The smallest absolute Gasteiger partial charge is 0.329 e. The number of hydrogen-bond acceptors (Lipinski definition) is 4. The van der Waals surface area contributed by atoms with Gasteiger partial charge in [-0.05, 0) is 12.8 Å². The van der Waals surface area contributed by atoms with Gasteiger partial charge in [0.05, 0.1) is 12.7 Å². The zero-order chi connectivity index (χ0) is 13.2. The predicted octanol–water partition coefficient (Wildman–Crippen LogP) is 0.553. The third-order valence-corrected chi connectivity index (χ3v) is 2.79. The molecule has 0 aliphatic heterocycles. The maximum atomic E-state index is 11.2. The van der Waals surface area contributed by atoms with E-state index in [1.165, 1.54) is 19.3 Å². The quantitative estimate of drug-likeness (QED) is 0.622. The maximum absolute atomic E-state index is 11.2. The second kappa shape index (κ2) is 8.88. The Kier molecular flexibility index (Phi) is 7.36. The van der Waals surface area contributed by atoms with Crippen molar-refractivity contribution < 1.29 is 24.2 Å². The number of rotatable bonds is 8. The molecule has 1 aliphatic rings. The van der Waals surface area contributed by atoms with Gasteiger partial charge in [-0.25, -0.2) is 4.79 Å². The van der Waals surface area contributed by atoms with E-state index < -0.39 is 12.6 Å². The van der Waals surface area contributed by atoms with Gasteiger partial charge in [-0.15, -0.1) is 0 Å². The zero-order valence-corrected chi connectivity index (χ0v) is 10.5. The number of carboxylic acids is 1. The van der Waals surface area contributed by atoms with Gasteiger partial charge in [-0.3, -0.25) is 4.79 Å². The van der Waals surface area contributed by atoms with E-state index in [-0.39, 0.29) is 12.5 Å². The summed E-state index contributed by atoms with van der Waals surface area (Å²) in [6.07, 6.45) is 6.28. The molecule has 0 spiro atoms. The van der Waals surface area contributed by atoms with Gasteiger partial charge in [-0.1, -0.05) is 19.3 Å². The summed E-state index contributed by atoms with van der Waals surface area (Å²) in [6.45, 7) is 0.253. The molecule has 1 saturated carbocycles. The van der Waals surface area contributed by atoms with Crippen molar-refractivity contribution in [1.82, 2.24) is 5.32 Å². The van der Waals surface area contributed by atoms with Crippen LogP contribution in [0.1, 0.15) is 32.1 Å². The highest BCUT2D eigenvalue weighted by molar-refractivity contribution is 5.77. The molecule has 0 radical (unpaired) electrons. The van der Waals surface area contributed by atoms with E-state index in [0.717, 1.165) is 12.8 Å². The van der Waals surface area contributed by atoms with Gasteiger partial charge in [0.1, 0.15) is 13.2 Å². The van der Waals surface area contributed by atoms with Crippen molar-refractivity contribution in [3.63, 3.8) is 0 Å². The fourth-order valence-electron chi connectivity index (χ4n) is 1.93. The number of amides is 1. The summed E-state index contributed by atoms with van der Waals surface area (Å²) < 4.78 is 10.3. The van der Waals surface area contributed by atoms with Gasteiger partial charge >= 0.3 is 5.97 Å². The van der Waals surface area contributed by atoms with Gasteiger partial charge in [0.15, 0.2) is 0 Å². The Morgan fingerprint density at radius 2 is 1.89 bits per heavy atom. The summed E-state index contributed by atoms with van der Waals surface area (Å²) in [4.78, 5) is 21.3. The summed E-state index contributed by atoms with van der Waals surface area (Å²) in [5, 5.41) is 10.9. The minimum absolute atomic E-state index is 0.226. The van der Waals surface area contributed by atoms with E-state index >= 15 is 0 Å². The molecule has 0 aromatic carbocycles. The third kappa shape index (κ3) is 7.24. The lowest BCUT2D eigenvalue weighted by Crippen LogP contribution is -2.32. The largest absolute Gasteiger partial charge is 0.480 e. The minimum atomic E-state index is -1.08. The first-order valence-electron chi connectivity index (χ1n) is 6.36. The first-order valence-corrected chi connectivity index (χ1v) is 6.36. The van der Waals surface area contributed by atoms with Crippen LogP contribution in [0, 0.1) is 0 Å². The number of nitrogens with one attached hydrogen (secondary N) is 1. The molecule has 1 amide bonds. The van der Waals surface area contributed by atoms with Crippen LogP contribution in [-0.4, -0.2) is 49.5 Å². The fourth-order valence-corrected chi connectivity index (χ4v) is 1.93. The first kappa shape index (κ1) is 14.9. The van der Waals surface area contributed by atoms with Crippen molar-refractivity contribution in [2.75, 3.05) is 26.4 Å². The highest BCUT2D eigenvalue weighted by atomic mass is 16.5. The normalized spacial score (nSPS) is 16.4. The number of carbonyl (C=O) groups excluding carboxylic acids is 1. The van der Waals surface area contributed by atoms with Crippen molar-refractivity contribution in [3.05, 3.63) is 0 Å². The van der Waals surface area contributed by atoms with Gasteiger partial charge < -0.3 is 19.9 Å². The van der Waals surface area contributed by atoms with E-state index in [0.29, 0.717) is 19.3 Å². The van der Waals surface area contributed by atoms with Gasteiger partial charge in [0, 0.05) is 6.54 Å². The Morgan fingerprint density at radius 3 is 2.56 bits per heavy atom. The summed E-state index contributed by atoms with van der Waals surface area (Å²) in [5.74, 6) is -1.40. The molecule has 0 unspecified atom stereocenters. The zero-order valence-electron chi connectivity index (χ0n) is 10.5. The lowest BCUT2D eigenvalue weighted by atomic mass is 9.98. The number of hydrogen-bond donors (Lipinski definition) is 2. The average Bonchev–Trinajstić information content (AvgIpc) is 2.35. The van der Waals surface area contributed by atoms with Crippen molar-refractivity contribution in [2.45, 2.75) is 38.2 Å². The number of carboxylic acid groups (broad SMARTS) is 1. The molecule has 0 saturated heterocycles. The molecular formula is C12H21NO5. The van der Waals surface area contributed by atoms with Crippen molar-refractivity contribution in [1.29, 1.82) is 0 Å². The Labute approximate surface area is 107 Å². The van der Waals surface area contributed by atoms with Gasteiger partial charge in [0.2, 0.25) is 5.91 Å². The minimum Gasteiger partial charge on any atom is -0.480 e. The lowest BCUT2D eigenvalue weighted by Gasteiger charge is -2.21. The van der Waals surface area contributed by atoms with Crippen LogP contribution in [0.5, 0.6) is 0 Å². The monoisotopic (exact) mass is 259 g/mol. The molecule has 0 heterocycles. The standard InChI is InChI=1S/C12H21NO5/c14-11(8-17-9-12(15)16)13-6-7-18-10-4-2-1-3-5-10/h10H,1-9H2,(H,13,14)(H,15,16). The molecule has 0 atom stereocenters. The average molecular weight is 259 g/mol. The van der Waals surface area contributed by atoms with E-state index in [2.05, 4.69) is 10.1 Å². The molecular weight excluding hydrogens is 238 g/mol. The van der Waals surface area contributed by atoms with Crippen LogP contribution in [0.3, 0.4) is 0 Å². The maximum Gasteiger partial charge on any atom is 0.329 e. The molecule has 1 rings (SSSR count). The van der Waals surface area contributed by atoms with E-state index in [9.17, 15) is 9.59 Å². The van der Waals surface area contributed by atoms with Crippen molar-refractivity contribution >= 4 is 11.9 Å². The molecule has 2 N–H and O–H groups in total. The summed E-state index contributed by atoms with van der Waals surface area (Å²) in [7, 11) is 0. The van der Waals surface area contributed by atoms with Crippen molar-refractivity contribution in [2.24, 2.45) is 0 Å². The van der Waals surface area contributed by atoms with Crippen LogP contribution < -0.4 is 5.32 Å². The summed E-state index contributed by atoms with van der Waals surface area (Å²) in [6, 6.07) is 0. The molecule has 6 heteroatoms. The second-order valence-electron chi connectivity index (χ2n) is 4.37. The highest BCUT2D eigenvalue weighted by Gasteiger charge is 2.13. The van der Waals surface area contributed by atoms with Crippen molar-refractivity contribution in [3.8, 4) is 0 Å². The van der Waals surface area contributed by atoms with Gasteiger partial charge in [-0.2, -0.15) is 0 Å². The molecule has 1 fully saturated rings. The summed E-state index contributed by atoms with van der Waals surface area (Å²) in [5.41, 5.74) is 0. The van der Waals surface area contributed by atoms with E-state index in [1.54, 1.807) is 0 Å². The Bertz CT molecular complexity index is 263. The molecule has 0 aromatic heterocycles. The fraction of sp³-hybridized carbons (Fsp3) is 0.833. The molecule has 104 valence electrons. The van der Waals surface area contributed by atoms with Gasteiger partial charge in [0.25, 0.3) is 0 Å². The molecule has 1 aliphatic carbocycles. The second-order valence-corrected chi connectivity index (χ2v) is 4.37. The Balaban J connectivity index is 1.93. The molecule has 18 heavy (non-hydrogen) atoms. The van der Waals surface area contributed by atoms with Crippen LogP contribution in [0.15, 0.2) is 0 Å². The molecule has 6 nitrogen and oxygen atoms in total. The SMILES string of the molecule is O=C(O)COCC(=O)NCCOC1CCCCC1. The highest BCUT2D eigenvalue weighted by Crippen LogP contribution is 2.19. The van der Waals surface area contributed by atoms with Crippen LogP contribution in [0.2, 0.25) is 0 Å². The Morgan fingerprint density at radius 1 is 1.17 bits per heavy atom. The van der Waals surface area contributed by atoms with E-state index in [1.807, 2.05) is 0 Å². The molecule has 0 bridgehead atoms. The van der Waals surface area contributed by atoms with Crippen LogP contribution in [-0.2, 0) is 19.1 Å².